The summed E-state index contributed by atoms with van der Waals surface area (Å²) in [6.07, 6.45) is 0.861. The molecule has 0 bridgehead atoms. The summed E-state index contributed by atoms with van der Waals surface area (Å²) in [5, 5.41) is 0. The Morgan fingerprint density at radius 3 is 2.19 bits per heavy atom. The molecular formula is C19H24BrN. The highest BCUT2D eigenvalue weighted by atomic mass is 79.9. The fourth-order valence-electron chi connectivity index (χ4n) is 2.35. The summed E-state index contributed by atoms with van der Waals surface area (Å²) < 4.78 is 1.12. The van der Waals surface area contributed by atoms with E-state index in [4.69, 9.17) is 5.73 Å². The molecule has 21 heavy (non-hydrogen) atoms. The molecule has 0 saturated carbocycles. The van der Waals surface area contributed by atoms with Crippen molar-refractivity contribution in [3.05, 3.63) is 69.2 Å². The summed E-state index contributed by atoms with van der Waals surface area (Å²) in [7, 11) is 0. The fourth-order valence-corrected chi connectivity index (χ4v) is 2.75. The van der Waals surface area contributed by atoms with Crippen molar-refractivity contribution in [2.75, 3.05) is 0 Å². The summed E-state index contributed by atoms with van der Waals surface area (Å²) in [5.74, 6) is 0. The number of benzene rings is 2. The van der Waals surface area contributed by atoms with Gasteiger partial charge < -0.3 is 5.73 Å². The molecule has 0 spiro atoms. The highest BCUT2D eigenvalue weighted by Crippen LogP contribution is 2.25. The first-order chi connectivity index (χ1) is 9.77. The van der Waals surface area contributed by atoms with Gasteiger partial charge in [0.05, 0.1) is 0 Å². The maximum atomic E-state index is 6.35. The molecule has 2 aromatic rings. The van der Waals surface area contributed by atoms with Crippen molar-refractivity contribution >= 4 is 15.9 Å². The fraction of sp³-hybridized carbons (Fsp3) is 0.368. The molecule has 0 fully saturated rings. The van der Waals surface area contributed by atoms with E-state index in [1.54, 1.807) is 0 Å². The minimum absolute atomic E-state index is 0.0300. The molecule has 0 heterocycles. The third-order valence-electron chi connectivity index (χ3n) is 3.90. The first kappa shape index (κ1) is 16.3. The van der Waals surface area contributed by atoms with Crippen molar-refractivity contribution in [1.82, 2.24) is 0 Å². The SMILES string of the molecule is Cc1ccc(C(N)Cc2ccc(C(C)(C)C)cc2)cc1Br. The Labute approximate surface area is 136 Å². The molecule has 0 aromatic heterocycles. The smallest absolute Gasteiger partial charge is 0.0336 e. The second kappa shape index (κ2) is 6.33. The van der Waals surface area contributed by atoms with Crippen LogP contribution in [0.1, 0.15) is 49.1 Å². The summed E-state index contributed by atoms with van der Waals surface area (Å²) in [4.78, 5) is 0. The van der Waals surface area contributed by atoms with Gasteiger partial charge in [0.15, 0.2) is 0 Å². The quantitative estimate of drug-likeness (QED) is 0.802. The molecule has 0 aliphatic heterocycles. The number of nitrogens with two attached hydrogens (primary N) is 1. The molecule has 0 aliphatic rings. The van der Waals surface area contributed by atoms with Gasteiger partial charge in [-0.1, -0.05) is 73.1 Å². The Morgan fingerprint density at radius 2 is 1.67 bits per heavy atom. The van der Waals surface area contributed by atoms with Gasteiger partial charge in [0.25, 0.3) is 0 Å². The molecule has 0 saturated heterocycles. The van der Waals surface area contributed by atoms with Crippen LogP contribution in [0.2, 0.25) is 0 Å². The zero-order valence-corrected chi connectivity index (χ0v) is 14.9. The molecule has 112 valence electrons. The maximum Gasteiger partial charge on any atom is 0.0336 e. The van der Waals surface area contributed by atoms with Gasteiger partial charge in [0, 0.05) is 10.5 Å². The molecule has 2 heteroatoms. The van der Waals surface area contributed by atoms with E-state index >= 15 is 0 Å². The van der Waals surface area contributed by atoms with Crippen molar-refractivity contribution in [3.8, 4) is 0 Å². The van der Waals surface area contributed by atoms with E-state index in [1.165, 1.54) is 22.3 Å². The lowest BCUT2D eigenvalue weighted by atomic mass is 9.86. The normalized spacial score (nSPS) is 13.2. The zero-order valence-electron chi connectivity index (χ0n) is 13.3. The number of aryl methyl sites for hydroxylation is 1. The Morgan fingerprint density at radius 1 is 1.05 bits per heavy atom. The van der Waals surface area contributed by atoms with Gasteiger partial charge in [0.2, 0.25) is 0 Å². The largest absolute Gasteiger partial charge is 0.324 e. The minimum atomic E-state index is 0.0300. The third-order valence-corrected chi connectivity index (χ3v) is 4.75. The highest BCUT2D eigenvalue weighted by molar-refractivity contribution is 9.10. The standard InChI is InChI=1S/C19H24BrN/c1-13-5-8-15(12-17(13)20)18(21)11-14-6-9-16(10-7-14)19(2,3)4/h5-10,12,18H,11,21H2,1-4H3. The molecule has 0 radical (unpaired) electrons. The molecule has 0 amide bonds. The second-order valence-corrected chi connectivity index (χ2v) is 7.62. The van der Waals surface area contributed by atoms with Gasteiger partial charge >= 0.3 is 0 Å². The molecule has 0 aliphatic carbocycles. The average molecular weight is 346 g/mol. The number of rotatable bonds is 3. The molecule has 1 unspecified atom stereocenters. The first-order valence-corrected chi connectivity index (χ1v) is 8.18. The summed E-state index contributed by atoms with van der Waals surface area (Å²) in [6, 6.07) is 15.2. The Hall–Kier alpha value is -1.12. The van der Waals surface area contributed by atoms with Crippen LogP contribution in [0.4, 0.5) is 0 Å². The van der Waals surface area contributed by atoms with E-state index in [-0.39, 0.29) is 11.5 Å². The summed E-state index contributed by atoms with van der Waals surface area (Å²) in [5.41, 5.74) is 11.6. The Bertz CT molecular complexity index is 608. The average Bonchev–Trinajstić information content (AvgIpc) is 2.41. The lowest BCUT2D eigenvalue weighted by Crippen LogP contribution is -2.14. The van der Waals surface area contributed by atoms with Crippen LogP contribution in [0.5, 0.6) is 0 Å². The van der Waals surface area contributed by atoms with Crippen LogP contribution in [0.25, 0.3) is 0 Å². The molecule has 2 N–H and O–H groups in total. The number of hydrogen-bond acceptors (Lipinski definition) is 1. The highest BCUT2D eigenvalue weighted by Gasteiger charge is 2.14. The second-order valence-electron chi connectivity index (χ2n) is 6.77. The lowest BCUT2D eigenvalue weighted by molar-refractivity contribution is 0.589. The van der Waals surface area contributed by atoms with E-state index in [9.17, 15) is 0 Å². The van der Waals surface area contributed by atoms with Crippen molar-refractivity contribution in [2.45, 2.75) is 45.6 Å². The van der Waals surface area contributed by atoms with Gasteiger partial charge in [-0.25, -0.2) is 0 Å². The van der Waals surface area contributed by atoms with E-state index < -0.39 is 0 Å². The summed E-state index contributed by atoms with van der Waals surface area (Å²) >= 11 is 3.58. The van der Waals surface area contributed by atoms with Crippen LogP contribution < -0.4 is 5.73 Å². The van der Waals surface area contributed by atoms with Gasteiger partial charge in [-0.2, -0.15) is 0 Å². The van der Waals surface area contributed by atoms with Gasteiger partial charge in [0.1, 0.15) is 0 Å². The first-order valence-electron chi connectivity index (χ1n) is 7.38. The number of halogens is 1. The molecular weight excluding hydrogens is 322 g/mol. The van der Waals surface area contributed by atoms with Crippen molar-refractivity contribution in [3.63, 3.8) is 0 Å². The Kier molecular flexibility index (Phi) is 4.90. The maximum absolute atomic E-state index is 6.35. The van der Waals surface area contributed by atoms with Crippen molar-refractivity contribution < 1.29 is 0 Å². The lowest BCUT2D eigenvalue weighted by Gasteiger charge is -2.20. The monoisotopic (exact) mass is 345 g/mol. The molecule has 2 rings (SSSR count). The van der Waals surface area contributed by atoms with E-state index in [0.717, 1.165) is 10.9 Å². The van der Waals surface area contributed by atoms with Crippen LogP contribution in [0, 0.1) is 6.92 Å². The number of hydrogen-bond donors (Lipinski definition) is 1. The van der Waals surface area contributed by atoms with Crippen molar-refractivity contribution in [1.29, 1.82) is 0 Å². The van der Waals surface area contributed by atoms with Crippen LogP contribution in [0.15, 0.2) is 46.9 Å². The van der Waals surface area contributed by atoms with Crippen LogP contribution >= 0.6 is 15.9 Å². The predicted octanol–water partition coefficient (Wildman–Crippen LogP) is 5.30. The van der Waals surface area contributed by atoms with Gasteiger partial charge in [-0.15, -0.1) is 0 Å². The molecule has 1 nitrogen and oxygen atoms in total. The van der Waals surface area contributed by atoms with Crippen LogP contribution in [0.3, 0.4) is 0 Å². The third kappa shape index (κ3) is 4.18. The van der Waals surface area contributed by atoms with Crippen LogP contribution in [-0.4, -0.2) is 0 Å². The van der Waals surface area contributed by atoms with E-state index in [0.29, 0.717) is 0 Å². The predicted molar refractivity (Wildman–Crippen MR) is 94.7 cm³/mol. The molecule has 2 aromatic carbocycles. The van der Waals surface area contributed by atoms with Crippen LogP contribution in [-0.2, 0) is 11.8 Å². The zero-order chi connectivity index (χ0) is 15.6. The van der Waals surface area contributed by atoms with E-state index in [2.05, 4.69) is 86.1 Å². The van der Waals surface area contributed by atoms with Crippen molar-refractivity contribution in [2.24, 2.45) is 5.73 Å². The Balaban J connectivity index is 2.12. The van der Waals surface area contributed by atoms with Gasteiger partial charge in [-0.3, -0.25) is 0 Å². The van der Waals surface area contributed by atoms with Gasteiger partial charge in [-0.05, 0) is 47.1 Å². The molecule has 1 atom stereocenters. The summed E-state index contributed by atoms with van der Waals surface area (Å²) in [6.45, 7) is 8.79. The minimum Gasteiger partial charge on any atom is -0.324 e. The van der Waals surface area contributed by atoms with E-state index in [1.807, 2.05) is 0 Å². The topological polar surface area (TPSA) is 26.0 Å².